The first kappa shape index (κ1) is 13.6. The lowest BCUT2D eigenvalue weighted by Crippen LogP contribution is -2.28. The average molecular weight is 305 g/mol. The van der Waals surface area contributed by atoms with E-state index >= 15 is 0 Å². The van der Waals surface area contributed by atoms with Gasteiger partial charge in [0.25, 0.3) is 11.3 Å². The Morgan fingerprint density at radius 1 is 1.33 bits per heavy atom. The number of hydrogen-bond donors (Lipinski definition) is 1. The van der Waals surface area contributed by atoms with Gasteiger partial charge in [0, 0.05) is 13.0 Å². The minimum atomic E-state index is -0.315. The fraction of sp³-hybridized carbons (Fsp3) is 0.231. The van der Waals surface area contributed by atoms with Crippen molar-refractivity contribution in [2.45, 2.75) is 19.9 Å². The number of rotatable bonds is 3. The van der Waals surface area contributed by atoms with E-state index in [-0.39, 0.29) is 11.4 Å². The maximum atomic E-state index is 12.9. The molecule has 8 heteroatoms. The van der Waals surface area contributed by atoms with Crippen LogP contribution in [-0.4, -0.2) is 24.4 Å². The van der Waals surface area contributed by atoms with Crippen molar-refractivity contribution in [2.24, 2.45) is 0 Å². The summed E-state index contributed by atoms with van der Waals surface area (Å²) in [5.41, 5.74) is 0.926. The number of hydrogen-bond acceptors (Lipinski definition) is 4. The highest BCUT2D eigenvalue weighted by Gasteiger charge is 2.13. The molecule has 0 spiro atoms. The summed E-state index contributed by atoms with van der Waals surface area (Å²) in [5, 5.41) is 10.9. The first-order chi connectivity index (χ1) is 10.1. The van der Waals surface area contributed by atoms with Crippen LogP contribution in [0.2, 0.25) is 0 Å². The van der Waals surface area contributed by atoms with Gasteiger partial charge in [-0.25, -0.2) is 9.49 Å². The van der Waals surface area contributed by atoms with Gasteiger partial charge in [0.1, 0.15) is 11.5 Å². The summed E-state index contributed by atoms with van der Waals surface area (Å²) in [7, 11) is 0. The van der Waals surface area contributed by atoms with Crippen LogP contribution in [-0.2, 0) is 13.0 Å². The molecule has 108 valence electrons. The Kier molecular flexibility index (Phi) is 3.38. The lowest BCUT2D eigenvalue weighted by Gasteiger charge is -2.07. The molecular formula is C13H12FN5OS. The van der Waals surface area contributed by atoms with E-state index in [1.807, 2.05) is 6.92 Å². The number of aromatic nitrogens is 5. The Morgan fingerprint density at radius 3 is 2.71 bits per heavy atom. The smallest absolute Gasteiger partial charge is 0.274 e. The molecule has 0 fully saturated rings. The molecule has 0 radical (unpaired) electrons. The summed E-state index contributed by atoms with van der Waals surface area (Å²) in [6, 6.07) is 5.97. The van der Waals surface area contributed by atoms with Gasteiger partial charge in [0.2, 0.25) is 4.77 Å². The molecule has 0 unspecified atom stereocenters. The molecule has 6 nitrogen and oxygen atoms in total. The van der Waals surface area contributed by atoms with E-state index in [4.69, 9.17) is 12.2 Å². The third kappa shape index (κ3) is 2.38. The molecule has 0 saturated carbocycles. The molecule has 0 atom stereocenters. The first-order valence-corrected chi connectivity index (χ1v) is 6.82. The summed E-state index contributed by atoms with van der Waals surface area (Å²) in [6.45, 7) is 2.31. The Bertz CT molecular complexity index is 909. The van der Waals surface area contributed by atoms with E-state index in [1.165, 1.54) is 21.2 Å². The largest absolute Gasteiger partial charge is 0.277 e. The third-order valence-corrected chi connectivity index (χ3v) is 3.45. The van der Waals surface area contributed by atoms with Gasteiger partial charge < -0.3 is 0 Å². The molecule has 3 rings (SSSR count). The van der Waals surface area contributed by atoms with Crippen LogP contribution in [0.15, 0.2) is 29.1 Å². The summed E-state index contributed by atoms with van der Waals surface area (Å²) in [4.78, 5) is 12.4. The van der Waals surface area contributed by atoms with Gasteiger partial charge in [0.15, 0.2) is 0 Å². The summed E-state index contributed by atoms with van der Waals surface area (Å²) >= 11 is 5.10. The van der Waals surface area contributed by atoms with E-state index in [9.17, 15) is 9.18 Å². The fourth-order valence-corrected chi connectivity index (χ4v) is 2.32. The predicted octanol–water partition coefficient (Wildman–Crippen LogP) is 1.70. The van der Waals surface area contributed by atoms with Gasteiger partial charge in [-0.15, -0.1) is 5.10 Å². The topological polar surface area (TPSA) is 68.0 Å². The zero-order valence-corrected chi connectivity index (χ0v) is 12.0. The van der Waals surface area contributed by atoms with Crippen molar-refractivity contribution in [1.82, 2.24) is 24.4 Å². The minimum absolute atomic E-state index is 0.219. The minimum Gasteiger partial charge on any atom is -0.274 e. The second kappa shape index (κ2) is 5.21. The predicted molar refractivity (Wildman–Crippen MR) is 77.3 cm³/mol. The van der Waals surface area contributed by atoms with Crippen molar-refractivity contribution in [3.05, 3.63) is 56.5 Å². The fourth-order valence-electron chi connectivity index (χ4n) is 2.15. The molecular weight excluding hydrogens is 293 g/mol. The highest BCUT2D eigenvalue weighted by Crippen LogP contribution is 2.07. The number of aromatic amines is 1. The second-order valence-corrected chi connectivity index (χ2v) is 4.93. The van der Waals surface area contributed by atoms with Crippen LogP contribution >= 0.6 is 12.2 Å². The molecule has 0 aliphatic rings. The number of halogens is 1. The van der Waals surface area contributed by atoms with Crippen LogP contribution in [0.3, 0.4) is 0 Å². The van der Waals surface area contributed by atoms with Crippen LogP contribution < -0.4 is 5.56 Å². The van der Waals surface area contributed by atoms with Crippen molar-refractivity contribution < 1.29 is 4.39 Å². The lowest BCUT2D eigenvalue weighted by atomic mass is 10.1. The van der Waals surface area contributed by atoms with Crippen LogP contribution in [0, 0.1) is 10.6 Å². The van der Waals surface area contributed by atoms with Crippen molar-refractivity contribution in [2.75, 3.05) is 0 Å². The van der Waals surface area contributed by atoms with Gasteiger partial charge in [-0.05, 0) is 36.8 Å². The molecule has 0 aliphatic carbocycles. The van der Waals surface area contributed by atoms with E-state index in [0.29, 0.717) is 29.2 Å². The Morgan fingerprint density at radius 2 is 2.05 bits per heavy atom. The van der Waals surface area contributed by atoms with Gasteiger partial charge in [-0.2, -0.15) is 9.61 Å². The van der Waals surface area contributed by atoms with Crippen molar-refractivity contribution >= 4 is 18.0 Å². The lowest BCUT2D eigenvalue weighted by molar-refractivity contribution is 0.627. The number of nitrogens with one attached hydrogen (secondary N) is 1. The number of fused-ring (bicyclic) bond motifs is 1. The summed E-state index contributed by atoms with van der Waals surface area (Å²) in [5.74, 6) is 0.0699. The zero-order chi connectivity index (χ0) is 15.0. The van der Waals surface area contributed by atoms with E-state index in [1.54, 1.807) is 12.1 Å². The molecule has 1 aromatic carbocycles. The van der Waals surface area contributed by atoms with Crippen molar-refractivity contribution in [1.29, 1.82) is 0 Å². The molecule has 0 amide bonds. The average Bonchev–Trinajstić information content (AvgIpc) is 2.83. The van der Waals surface area contributed by atoms with E-state index < -0.39 is 0 Å². The standard InChI is InChI=1S/C13H12FN5OS/c1-2-18-11(20)10(7-8-3-5-9(14)6-4-8)17-19-12(18)15-16-13(19)21/h3-6H,2,7H2,1H3,(H,16,21). The normalized spacial score (nSPS) is 11.1. The first-order valence-electron chi connectivity index (χ1n) is 6.41. The highest BCUT2D eigenvalue weighted by molar-refractivity contribution is 7.71. The summed E-state index contributed by atoms with van der Waals surface area (Å²) in [6.07, 6.45) is 0.308. The molecule has 2 heterocycles. The zero-order valence-electron chi connectivity index (χ0n) is 11.2. The van der Waals surface area contributed by atoms with Gasteiger partial charge >= 0.3 is 0 Å². The third-order valence-electron chi connectivity index (χ3n) is 3.19. The number of nitrogens with zero attached hydrogens (tertiary/aromatic N) is 4. The van der Waals surface area contributed by atoms with Crippen molar-refractivity contribution in [3.8, 4) is 0 Å². The monoisotopic (exact) mass is 305 g/mol. The van der Waals surface area contributed by atoms with Crippen molar-refractivity contribution in [3.63, 3.8) is 0 Å². The molecule has 0 saturated heterocycles. The van der Waals surface area contributed by atoms with Crippen LogP contribution in [0.4, 0.5) is 4.39 Å². The van der Waals surface area contributed by atoms with Crippen LogP contribution in [0.5, 0.6) is 0 Å². The Labute approximate surface area is 123 Å². The molecule has 1 N–H and O–H groups in total. The Hall–Kier alpha value is -2.35. The SMILES string of the molecule is CCn1c(=O)c(Cc2ccc(F)cc2)nn2c(=S)[nH]nc12. The molecule has 2 aromatic heterocycles. The Balaban J connectivity index is 2.16. The molecule has 0 aliphatic heterocycles. The molecule has 21 heavy (non-hydrogen) atoms. The van der Waals surface area contributed by atoms with Gasteiger partial charge in [0.05, 0.1) is 0 Å². The van der Waals surface area contributed by atoms with Gasteiger partial charge in [-0.1, -0.05) is 12.1 Å². The van der Waals surface area contributed by atoms with E-state index in [0.717, 1.165) is 5.56 Å². The highest BCUT2D eigenvalue weighted by atomic mass is 32.1. The quantitative estimate of drug-likeness (QED) is 0.748. The number of H-pyrrole nitrogens is 1. The molecule has 0 bridgehead atoms. The molecule has 3 aromatic rings. The maximum absolute atomic E-state index is 12.9. The number of benzene rings is 1. The number of aryl methyl sites for hydroxylation is 1. The van der Waals surface area contributed by atoms with E-state index in [2.05, 4.69) is 15.3 Å². The second-order valence-electron chi connectivity index (χ2n) is 4.54. The van der Waals surface area contributed by atoms with Crippen LogP contribution in [0.25, 0.3) is 5.78 Å². The van der Waals surface area contributed by atoms with Gasteiger partial charge in [-0.3, -0.25) is 9.36 Å². The maximum Gasteiger partial charge on any atom is 0.277 e. The summed E-state index contributed by atoms with van der Waals surface area (Å²) < 4.78 is 16.2. The van der Waals surface area contributed by atoms with Crippen LogP contribution in [0.1, 0.15) is 18.2 Å².